The molecule has 3 nitrogen and oxygen atoms in total. The summed E-state index contributed by atoms with van der Waals surface area (Å²) >= 11 is 0. The Kier molecular flexibility index (Phi) is 7.48. The molecule has 0 saturated carbocycles. The zero-order chi connectivity index (χ0) is 11.0. The SMILES string of the molecule is CCCCOC(=O)CNC(C)C(C)C. The number of unbranched alkanes of at least 4 members (excludes halogenated alkanes) is 1. The van der Waals surface area contributed by atoms with E-state index in [1.807, 2.05) is 0 Å². The maximum atomic E-state index is 11.2. The topological polar surface area (TPSA) is 38.3 Å². The van der Waals surface area contributed by atoms with Crippen molar-refractivity contribution in [2.45, 2.75) is 46.6 Å². The zero-order valence-electron chi connectivity index (χ0n) is 9.80. The van der Waals surface area contributed by atoms with Crippen molar-refractivity contribution in [2.24, 2.45) is 5.92 Å². The van der Waals surface area contributed by atoms with Crippen LogP contribution in [0.1, 0.15) is 40.5 Å². The summed E-state index contributed by atoms with van der Waals surface area (Å²) in [5.74, 6) is 0.393. The lowest BCUT2D eigenvalue weighted by Crippen LogP contribution is -2.35. The molecule has 0 amide bonds. The first-order chi connectivity index (χ1) is 6.57. The van der Waals surface area contributed by atoms with Crippen molar-refractivity contribution in [3.05, 3.63) is 0 Å². The Morgan fingerprint density at radius 3 is 2.50 bits per heavy atom. The summed E-state index contributed by atoms with van der Waals surface area (Å²) in [6, 6.07) is 0.355. The van der Waals surface area contributed by atoms with Crippen LogP contribution in [-0.4, -0.2) is 25.2 Å². The number of esters is 1. The molecule has 0 fully saturated rings. The molecule has 84 valence electrons. The van der Waals surface area contributed by atoms with Crippen LogP contribution in [0.25, 0.3) is 0 Å². The molecule has 0 aromatic carbocycles. The van der Waals surface area contributed by atoms with E-state index in [0.717, 1.165) is 12.8 Å². The van der Waals surface area contributed by atoms with Gasteiger partial charge in [0.25, 0.3) is 0 Å². The smallest absolute Gasteiger partial charge is 0.319 e. The van der Waals surface area contributed by atoms with Crippen molar-refractivity contribution >= 4 is 5.97 Å². The summed E-state index contributed by atoms with van der Waals surface area (Å²) in [5, 5.41) is 3.13. The van der Waals surface area contributed by atoms with Gasteiger partial charge >= 0.3 is 5.97 Å². The van der Waals surface area contributed by atoms with Crippen molar-refractivity contribution in [3.8, 4) is 0 Å². The minimum atomic E-state index is -0.147. The van der Waals surface area contributed by atoms with Gasteiger partial charge in [-0.2, -0.15) is 0 Å². The Labute approximate surface area is 87.2 Å². The standard InChI is InChI=1S/C11H23NO2/c1-5-6-7-14-11(13)8-12-10(4)9(2)3/h9-10,12H,5-8H2,1-4H3. The van der Waals surface area contributed by atoms with Gasteiger partial charge in [0, 0.05) is 6.04 Å². The second-order valence-electron chi connectivity index (χ2n) is 3.99. The quantitative estimate of drug-likeness (QED) is 0.505. The normalized spacial score (nSPS) is 12.9. The van der Waals surface area contributed by atoms with Gasteiger partial charge in [0.1, 0.15) is 0 Å². The maximum absolute atomic E-state index is 11.2. The van der Waals surface area contributed by atoms with E-state index >= 15 is 0 Å². The highest BCUT2D eigenvalue weighted by atomic mass is 16.5. The summed E-state index contributed by atoms with van der Waals surface area (Å²) < 4.78 is 5.01. The van der Waals surface area contributed by atoms with Gasteiger partial charge < -0.3 is 10.1 Å². The number of hydrogen-bond acceptors (Lipinski definition) is 3. The molecule has 0 bridgehead atoms. The Morgan fingerprint density at radius 2 is 2.00 bits per heavy atom. The summed E-state index contributed by atoms with van der Waals surface area (Å²) in [6.07, 6.45) is 2.01. The van der Waals surface area contributed by atoms with Crippen molar-refractivity contribution in [1.29, 1.82) is 0 Å². The Morgan fingerprint density at radius 1 is 1.36 bits per heavy atom. The van der Waals surface area contributed by atoms with Crippen LogP contribution in [0.3, 0.4) is 0 Å². The van der Waals surface area contributed by atoms with E-state index in [1.54, 1.807) is 0 Å². The van der Waals surface area contributed by atoms with E-state index in [2.05, 4.69) is 33.0 Å². The molecule has 0 aliphatic heterocycles. The van der Waals surface area contributed by atoms with Crippen LogP contribution in [0.4, 0.5) is 0 Å². The fourth-order valence-corrected chi connectivity index (χ4v) is 0.861. The molecule has 14 heavy (non-hydrogen) atoms. The van der Waals surface area contributed by atoms with Crippen LogP contribution >= 0.6 is 0 Å². The number of carbonyl (C=O) groups is 1. The van der Waals surface area contributed by atoms with Crippen LogP contribution in [0, 0.1) is 5.92 Å². The van der Waals surface area contributed by atoms with Crippen molar-refractivity contribution in [3.63, 3.8) is 0 Å². The Bertz CT molecular complexity index is 157. The van der Waals surface area contributed by atoms with Gasteiger partial charge in [-0.1, -0.05) is 27.2 Å². The second-order valence-corrected chi connectivity index (χ2v) is 3.99. The first-order valence-corrected chi connectivity index (χ1v) is 5.47. The fourth-order valence-electron chi connectivity index (χ4n) is 0.861. The molecule has 1 N–H and O–H groups in total. The summed E-state index contributed by atoms with van der Waals surface area (Å²) in [7, 11) is 0. The maximum Gasteiger partial charge on any atom is 0.319 e. The Hall–Kier alpha value is -0.570. The first kappa shape index (κ1) is 13.4. The van der Waals surface area contributed by atoms with Gasteiger partial charge in [-0.25, -0.2) is 0 Å². The third-order valence-corrected chi connectivity index (χ3v) is 2.33. The molecule has 0 aliphatic rings. The average Bonchev–Trinajstić information content (AvgIpc) is 2.14. The predicted octanol–water partition coefficient (Wildman–Crippen LogP) is 1.96. The van der Waals surface area contributed by atoms with E-state index in [-0.39, 0.29) is 5.97 Å². The van der Waals surface area contributed by atoms with Crippen LogP contribution in [0.15, 0.2) is 0 Å². The van der Waals surface area contributed by atoms with Gasteiger partial charge in [-0.05, 0) is 19.3 Å². The monoisotopic (exact) mass is 201 g/mol. The highest BCUT2D eigenvalue weighted by Gasteiger charge is 2.08. The molecular weight excluding hydrogens is 178 g/mol. The largest absolute Gasteiger partial charge is 0.465 e. The lowest BCUT2D eigenvalue weighted by Gasteiger charge is -2.16. The number of hydrogen-bond donors (Lipinski definition) is 1. The van der Waals surface area contributed by atoms with Gasteiger partial charge in [0.15, 0.2) is 0 Å². The average molecular weight is 201 g/mol. The van der Waals surface area contributed by atoms with Crippen LogP contribution in [0.5, 0.6) is 0 Å². The van der Waals surface area contributed by atoms with Gasteiger partial charge in [0.2, 0.25) is 0 Å². The third kappa shape index (κ3) is 6.89. The lowest BCUT2D eigenvalue weighted by atomic mass is 10.1. The summed E-state index contributed by atoms with van der Waals surface area (Å²) in [4.78, 5) is 11.2. The van der Waals surface area contributed by atoms with Crippen molar-refractivity contribution < 1.29 is 9.53 Å². The molecule has 0 rings (SSSR count). The molecule has 1 atom stereocenters. The highest BCUT2D eigenvalue weighted by molar-refractivity contribution is 5.71. The molecular formula is C11H23NO2. The third-order valence-electron chi connectivity index (χ3n) is 2.33. The van der Waals surface area contributed by atoms with Crippen molar-refractivity contribution in [1.82, 2.24) is 5.32 Å². The number of rotatable bonds is 7. The lowest BCUT2D eigenvalue weighted by molar-refractivity contribution is -0.142. The molecule has 0 aromatic rings. The molecule has 3 heteroatoms. The molecule has 0 aromatic heterocycles. The van der Waals surface area contributed by atoms with E-state index < -0.39 is 0 Å². The van der Waals surface area contributed by atoms with Crippen LogP contribution in [0.2, 0.25) is 0 Å². The van der Waals surface area contributed by atoms with E-state index in [1.165, 1.54) is 0 Å². The van der Waals surface area contributed by atoms with E-state index in [0.29, 0.717) is 25.1 Å². The molecule has 0 saturated heterocycles. The number of carbonyl (C=O) groups excluding carboxylic acids is 1. The predicted molar refractivity (Wildman–Crippen MR) is 58.2 cm³/mol. The van der Waals surface area contributed by atoms with Crippen LogP contribution in [-0.2, 0) is 9.53 Å². The molecule has 0 aliphatic carbocycles. The zero-order valence-corrected chi connectivity index (χ0v) is 9.80. The fraction of sp³-hybridized carbons (Fsp3) is 0.909. The minimum absolute atomic E-state index is 0.147. The van der Waals surface area contributed by atoms with Gasteiger partial charge in [-0.3, -0.25) is 4.79 Å². The van der Waals surface area contributed by atoms with Crippen molar-refractivity contribution in [2.75, 3.05) is 13.2 Å². The molecule has 0 spiro atoms. The van der Waals surface area contributed by atoms with E-state index in [9.17, 15) is 4.79 Å². The summed E-state index contributed by atoms with van der Waals surface area (Å²) in [6.45, 7) is 9.27. The van der Waals surface area contributed by atoms with E-state index in [4.69, 9.17) is 4.74 Å². The minimum Gasteiger partial charge on any atom is -0.465 e. The van der Waals surface area contributed by atoms with Gasteiger partial charge in [-0.15, -0.1) is 0 Å². The molecule has 1 unspecified atom stereocenters. The first-order valence-electron chi connectivity index (χ1n) is 5.47. The number of nitrogens with one attached hydrogen (secondary N) is 1. The number of ether oxygens (including phenoxy) is 1. The molecule has 0 radical (unpaired) electrons. The van der Waals surface area contributed by atoms with Crippen LogP contribution < -0.4 is 5.32 Å². The summed E-state index contributed by atoms with van der Waals surface area (Å²) in [5.41, 5.74) is 0. The Balaban J connectivity index is 3.44. The van der Waals surface area contributed by atoms with Gasteiger partial charge in [0.05, 0.1) is 13.2 Å². The highest BCUT2D eigenvalue weighted by Crippen LogP contribution is 1.98. The molecule has 0 heterocycles. The second kappa shape index (κ2) is 7.80.